The molecule has 2 N–H and O–H groups in total. The van der Waals surface area contributed by atoms with Crippen LogP contribution in [-0.2, 0) is 6.42 Å². The number of nitrogens with zero attached hydrogens (tertiary/aromatic N) is 2. The number of hydrogen-bond acceptors (Lipinski definition) is 5. The molecule has 0 fully saturated rings. The van der Waals surface area contributed by atoms with Crippen molar-refractivity contribution < 1.29 is 14.6 Å². The fourth-order valence-electron chi connectivity index (χ4n) is 1.86. The monoisotopic (exact) mass is 287 g/mol. The molecule has 0 amide bonds. The lowest BCUT2D eigenvalue weighted by Gasteiger charge is -2.07. The van der Waals surface area contributed by atoms with Gasteiger partial charge < -0.3 is 15.2 Å². The molecule has 110 valence electrons. The van der Waals surface area contributed by atoms with Crippen molar-refractivity contribution >= 4 is 11.8 Å². The second kappa shape index (κ2) is 7.23. The van der Waals surface area contributed by atoms with E-state index in [4.69, 9.17) is 9.84 Å². The number of carbonyl (C=O) groups is 1. The highest BCUT2D eigenvalue weighted by molar-refractivity contribution is 5.87. The van der Waals surface area contributed by atoms with E-state index in [0.29, 0.717) is 36.8 Å². The summed E-state index contributed by atoms with van der Waals surface area (Å²) in [6.07, 6.45) is 2.15. The van der Waals surface area contributed by atoms with Gasteiger partial charge in [-0.2, -0.15) is 0 Å². The molecule has 2 rings (SSSR count). The van der Waals surface area contributed by atoms with Gasteiger partial charge in [-0.15, -0.1) is 0 Å². The number of aromatic carboxylic acids is 1. The Morgan fingerprint density at radius 2 is 2.19 bits per heavy atom. The van der Waals surface area contributed by atoms with Crippen LogP contribution in [0.3, 0.4) is 0 Å². The van der Waals surface area contributed by atoms with Crippen molar-refractivity contribution in [1.82, 2.24) is 9.97 Å². The van der Waals surface area contributed by atoms with Crippen LogP contribution in [0.15, 0.2) is 36.7 Å². The number of carboxylic acid groups (broad SMARTS) is 1. The molecule has 21 heavy (non-hydrogen) atoms. The summed E-state index contributed by atoms with van der Waals surface area (Å²) < 4.78 is 5.30. The molecule has 0 bridgehead atoms. The minimum Gasteiger partial charge on any atom is -0.478 e. The first-order valence-electron chi connectivity index (χ1n) is 6.70. The van der Waals surface area contributed by atoms with Crippen molar-refractivity contribution in [2.75, 3.05) is 18.5 Å². The minimum atomic E-state index is -0.915. The maximum absolute atomic E-state index is 10.9. The molecule has 0 aliphatic carbocycles. The van der Waals surface area contributed by atoms with Crippen molar-refractivity contribution in [3.05, 3.63) is 47.8 Å². The van der Waals surface area contributed by atoms with Gasteiger partial charge in [0.1, 0.15) is 12.1 Å². The summed E-state index contributed by atoms with van der Waals surface area (Å²) in [5.74, 6) is 0.299. The van der Waals surface area contributed by atoms with Gasteiger partial charge >= 0.3 is 5.97 Å². The van der Waals surface area contributed by atoms with Gasteiger partial charge in [0, 0.05) is 12.6 Å². The molecule has 1 aromatic carbocycles. The number of ether oxygens (including phenoxy) is 1. The van der Waals surface area contributed by atoms with Crippen molar-refractivity contribution in [3.8, 4) is 5.88 Å². The number of nitrogens with one attached hydrogen (secondary N) is 1. The third kappa shape index (κ3) is 4.45. The van der Waals surface area contributed by atoms with Crippen molar-refractivity contribution in [1.29, 1.82) is 0 Å². The number of rotatable bonds is 7. The topological polar surface area (TPSA) is 84.3 Å². The number of anilines is 1. The normalized spacial score (nSPS) is 10.1. The van der Waals surface area contributed by atoms with Crippen molar-refractivity contribution in [2.24, 2.45) is 0 Å². The third-order valence-electron chi connectivity index (χ3n) is 2.83. The van der Waals surface area contributed by atoms with Gasteiger partial charge in [0.2, 0.25) is 5.88 Å². The van der Waals surface area contributed by atoms with E-state index < -0.39 is 5.97 Å². The predicted octanol–water partition coefficient (Wildman–Crippen LogP) is 2.23. The summed E-state index contributed by atoms with van der Waals surface area (Å²) in [7, 11) is 0. The molecule has 0 unspecified atom stereocenters. The molecule has 0 radical (unpaired) electrons. The van der Waals surface area contributed by atoms with Crippen LogP contribution in [0.25, 0.3) is 0 Å². The number of aromatic nitrogens is 2. The van der Waals surface area contributed by atoms with E-state index in [1.54, 1.807) is 24.3 Å². The molecule has 0 atom stereocenters. The Kier molecular flexibility index (Phi) is 5.09. The van der Waals surface area contributed by atoms with Gasteiger partial charge in [-0.05, 0) is 31.0 Å². The van der Waals surface area contributed by atoms with Crippen LogP contribution in [0.4, 0.5) is 5.82 Å². The number of carboxylic acids is 1. The second-order valence-electron chi connectivity index (χ2n) is 4.36. The summed E-state index contributed by atoms with van der Waals surface area (Å²) in [5, 5.41) is 12.1. The van der Waals surface area contributed by atoms with Gasteiger partial charge in [0.25, 0.3) is 0 Å². The molecule has 1 aromatic heterocycles. The smallest absolute Gasteiger partial charge is 0.335 e. The van der Waals surface area contributed by atoms with E-state index in [1.807, 2.05) is 13.0 Å². The Balaban J connectivity index is 1.90. The summed E-state index contributed by atoms with van der Waals surface area (Å²) >= 11 is 0. The molecule has 0 saturated carbocycles. The highest BCUT2D eigenvalue weighted by atomic mass is 16.5. The molecule has 0 saturated heterocycles. The van der Waals surface area contributed by atoms with Crippen LogP contribution < -0.4 is 10.1 Å². The highest BCUT2D eigenvalue weighted by Crippen LogP contribution is 2.11. The maximum atomic E-state index is 10.9. The van der Waals surface area contributed by atoms with Gasteiger partial charge in [0.15, 0.2) is 0 Å². The van der Waals surface area contributed by atoms with Crippen LogP contribution >= 0.6 is 0 Å². The standard InChI is InChI=1S/C15H17N3O3/c1-2-21-14-9-13(17-10-18-14)16-7-6-11-4-3-5-12(8-11)15(19)20/h3-5,8-10H,2,6-7H2,1H3,(H,19,20)(H,16,17,18). The summed E-state index contributed by atoms with van der Waals surface area (Å²) in [6.45, 7) is 3.09. The summed E-state index contributed by atoms with van der Waals surface area (Å²) in [6, 6.07) is 8.64. The zero-order valence-electron chi connectivity index (χ0n) is 11.7. The Hall–Kier alpha value is -2.63. The molecule has 0 spiro atoms. The van der Waals surface area contributed by atoms with Crippen molar-refractivity contribution in [3.63, 3.8) is 0 Å². The van der Waals surface area contributed by atoms with E-state index in [9.17, 15) is 4.79 Å². The summed E-state index contributed by atoms with van der Waals surface area (Å²) in [5.41, 5.74) is 1.26. The second-order valence-corrected chi connectivity index (χ2v) is 4.36. The van der Waals surface area contributed by atoms with E-state index in [1.165, 1.54) is 6.33 Å². The van der Waals surface area contributed by atoms with Crippen LogP contribution in [0.2, 0.25) is 0 Å². The van der Waals surface area contributed by atoms with E-state index >= 15 is 0 Å². The predicted molar refractivity (Wildman–Crippen MR) is 78.8 cm³/mol. The lowest BCUT2D eigenvalue weighted by atomic mass is 10.1. The van der Waals surface area contributed by atoms with Gasteiger partial charge in [-0.3, -0.25) is 0 Å². The van der Waals surface area contributed by atoms with E-state index in [2.05, 4.69) is 15.3 Å². The SMILES string of the molecule is CCOc1cc(NCCc2cccc(C(=O)O)c2)ncn1. The maximum Gasteiger partial charge on any atom is 0.335 e. The average Bonchev–Trinajstić information content (AvgIpc) is 2.48. The van der Waals surface area contributed by atoms with Crippen LogP contribution in [0.1, 0.15) is 22.8 Å². The molecule has 0 aliphatic heterocycles. The Bertz CT molecular complexity index is 617. The first kappa shape index (κ1) is 14.8. The van der Waals surface area contributed by atoms with E-state index in [0.717, 1.165) is 5.56 Å². The first-order chi connectivity index (χ1) is 10.2. The van der Waals surface area contributed by atoms with Crippen LogP contribution in [0, 0.1) is 0 Å². The quantitative estimate of drug-likeness (QED) is 0.812. The minimum absolute atomic E-state index is 0.299. The van der Waals surface area contributed by atoms with Crippen LogP contribution in [-0.4, -0.2) is 34.2 Å². The molecular weight excluding hydrogens is 270 g/mol. The number of hydrogen-bond donors (Lipinski definition) is 2. The lowest BCUT2D eigenvalue weighted by molar-refractivity contribution is 0.0696. The van der Waals surface area contributed by atoms with E-state index in [-0.39, 0.29) is 0 Å². The van der Waals surface area contributed by atoms with Gasteiger partial charge in [0.05, 0.1) is 12.2 Å². The molecule has 6 heteroatoms. The fraction of sp³-hybridized carbons (Fsp3) is 0.267. The average molecular weight is 287 g/mol. The third-order valence-corrected chi connectivity index (χ3v) is 2.83. The van der Waals surface area contributed by atoms with Crippen LogP contribution in [0.5, 0.6) is 5.88 Å². The lowest BCUT2D eigenvalue weighted by Crippen LogP contribution is -2.07. The molecular formula is C15H17N3O3. The first-order valence-corrected chi connectivity index (χ1v) is 6.70. The van der Waals surface area contributed by atoms with Gasteiger partial charge in [-0.25, -0.2) is 14.8 Å². The summed E-state index contributed by atoms with van der Waals surface area (Å²) in [4.78, 5) is 19.0. The molecule has 6 nitrogen and oxygen atoms in total. The fourth-order valence-corrected chi connectivity index (χ4v) is 1.86. The zero-order chi connectivity index (χ0) is 15.1. The zero-order valence-corrected chi connectivity index (χ0v) is 11.7. The van der Waals surface area contributed by atoms with Gasteiger partial charge in [-0.1, -0.05) is 12.1 Å². The molecule has 2 aromatic rings. The number of benzene rings is 1. The van der Waals surface area contributed by atoms with Crippen molar-refractivity contribution in [2.45, 2.75) is 13.3 Å². The molecule has 1 heterocycles. The Morgan fingerprint density at radius 3 is 2.95 bits per heavy atom. The Labute approximate surface area is 122 Å². The highest BCUT2D eigenvalue weighted by Gasteiger charge is 2.03. The Morgan fingerprint density at radius 1 is 1.33 bits per heavy atom. The largest absolute Gasteiger partial charge is 0.478 e. The molecule has 0 aliphatic rings.